The Morgan fingerprint density at radius 3 is 2.38 bits per heavy atom. The number of allylic oxidation sites excluding steroid dienone is 1. The summed E-state index contributed by atoms with van der Waals surface area (Å²) in [7, 11) is 0. The Balaban J connectivity index is 2.13. The molecule has 0 saturated heterocycles. The summed E-state index contributed by atoms with van der Waals surface area (Å²) < 4.78 is 10.8. The molecule has 1 aromatic rings. The molecular formula is C20H26O4. The number of esters is 2. The van der Waals surface area contributed by atoms with Crippen LogP contribution < -0.4 is 0 Å². The largest absolute Gasteiger partial charge is 0.466 e. The standard InChI is InChI=1S/C20H26O4/c1-4-23-19(22)20(11-8-12-20)17(13-15(2)3)18(21)24-14-16-9-6-5-7-10-16/h5-7,9-10,17H,2,4,8,11-14H2,1,3H3. The summed E-state index contributed by atoms with van der Waals surface area (Å²) in [5, 5.41) is 0. The molecule has 0 heterocycles. The molecule has 1 unspecified atom stereocenters. The predicted octanol–water partition coefficient (Wildman–Crippen LogP) is 4.05. The Labute approximate surface area is 143 Å². The van der Waals surface area contributed by atoms with Gasteiger partial charge in [0.2, 0.25) is 0 Å². The quantitative estimate of drug-likeness (QED) is 0.533. The number of benzene rings is 1. The van der Waals surface area contributed by atoms with Crippen LogP contribution in [0.25, 0.3) is 0 Å². The molecule has 1 aromatic carbocycles. The molecule has 0 bridgehead atoms. The van der Waals surface area contributed by atoms with Gasteiger partial charge in [0.1, 0.15) is 6.61 Å². The van der Waals surface area contributed by atoms with Gasteiger partial charge in [-0.2, -0.15) is 0 Å². The van der Waals surface area contributed by atoms with Crippen LogP contribution in [0.3, 0.4) is 0 Å². The normalized spacial score (nSPS) is 16.6. The summed E-state index contributed by atoms with van der Waals surface area (Å²) in [6.07, 6.45) is 2.72. The average Bonchev–Trinajstić information content (AvgIpc) is 2.51. The van der Waals surface area contributed by atoms with Crippen molar-refractivity contribution in [1.29, 1.82) is 0 Å². The zero-order valence-corrected chi connectivity index (χ0v) is 14.5. The zero-order chi connectivity index (χ0) is 17.6. The molecular weight excluding hydrogens is 304 g/mol. The second-order valence-corrected chi connectivity index (χ2v) is 6.54. The van der Waals surface area contributed by atoms with E-state index in [1.165, 1.54) is 0 Å². The van der Waals surface area contributed by atoms with E-state index in [2.05, 4.69) is 6.58 Å². The first-order chi connectivity index (χ1) is 11.5. The summed E-state index contributed by atoms with van der Waals surface area (Å²) in [6, 6.07) is 9.54. The maximum absolute atomic E-state index is 12.7. The van der Waals surface area contributed by atoms with Gasteiger partial charge in [0, 0.05) is 0 Å². The fourth-order valence-electron chi connectivity index (χ4n) is 3.21. The lowest BCUT2D eigenvalue weighted by atomic mass is 9.59. The Bertz CT molecular complexity index is 587. The lowest BCUT2D eigenvalue weighted by Gasteiger charge is -2.44. The Kier molecular flexibility index (Phi) is 6.18. The van der Waals surface area contributed by atoms with Crippen molar-refractivity contribution in [3.8, 4) is 0 Å². The van der Waals surface area contributed by atoms with Gasteiger partial charge in [-0.05, 0) is 38.7 Å². The van der Waals surface area contributed by atoms with Crippen molar-refractivity contribution < 1.29 is 19.1 Å². The molecule has 0 spiro atoms. The molecule has 1 fully saturated rings. The molecule has 0 N–H and O–H groups in total. The van der Waals surface area contributed by atoms with Crippen LogP contribution in [0.2, 0.25) is 0 Å². The molecule has 1 aliphatic rings. The van der Waals surface area contributed by atoms with Crippen molar-refractivity contribution in [2.75, 3.05) is 6.61 Å². The Morgan fingerprint density at radius 1 is 1.21 bits per heavy atom. The molecule has 4 nitrogen and oxygen atoms in total. The molecule has 0 aromatic heterocycles. The molecule has 0 radical (unpaired) electrons. The smallest absolute Gasteiger partial charge is 0.312 e. The van der Waals surface area contributed by atoms with Crippen molar-refractivity contribution in [2.45, 2.75) is 46.1 Å². The topological polar surface area (TPSA) is 52.6 Å². The van der Waals surface area contributed by atoms with Crippen LogP contribution in [0, 0.1) is 11.3 Å². The van der Waals surface area contributed by atoms with Crippen molar-refractivity contribution in [2.24, 2.45) is 11.3 Å². The monoisotopic (exact) mass is 330 g/mol. The van der Waals surface area contributed by atoms with Gasteiger partial charge in [0.05, 0.1) is 17.9 Å². The van der Waals surface area contributed by atoms with Crippen molar-refractivity contribution in [1.82, 2.24) is 0 Å². The molecule has 1 saturated carbocycles. The highest BCUT2D eigenvalue weighted by molar-refractivity contribution is 5.86. The van der Waals surface area contributed by atoms with Crippen molar-refractivity contribution >= 4 is 11.9 Å². The van der Waals surface area contributed by atoms with Crippen molar-refractivity contribution in [3.63, 3.8) is 0 Å². The fraction of sp³-hybridized carbons (Fsp3) is 0.500. The van der Waals surface area contributed by atoms with E-state index >= 15 is 0 Å². The van der Waals surface area contributed by atoms with Crippen LogP contribution in [0.15, 0.2) is 42.5 Å². The van der Waals surface area contributed by atoms with Crippen LogP contribution in [-0.4, -0.2) is 18.5 Å². The van der Waals surface area contributed by atoms with Crippen molar-refractivity contribution in [3.05, 3.63) is 48.0 Å². The van der Waals surface area contributed by atoms with Gasteiger partial charge in [0.15, 0.2) is 0 Å². The first-order valence-corrected chi connectivity index (χ1v) is 8.52. The number of ether oxygens (including phenoxy) is 2. The number of hydrogen-bond donors (Lipinski definition) is 0. The fourth-order valence-corrected chi connectivity index (χ4v) is 3.21. The van der Waals surface area contributed by atoms with Gasteiger partial charge in [-0.1, -0.05) is 42.3 Å². The van der Waals surface area contributed by atoms with Gasteiger partial charge < -0.3 is 9.47 Å². The molecule has 130 valence electrons. The van der Waals surface area contributed by atoms with E-state index in [1.54, 1.807) is 6.92 Å². The summed E-state index contributed by atoms with van der Waals surface area (Å²) in [5.74, 6) is -1.14. The Morgan fingerprint density at radius 2 is 1.88 bits per heavy atom. The summed E-state index contributed by atoms with van der Waals surface area (Å²) in [4.78, 5) is 25.2. The van der Waals surface area contributed by atoms with E-state index in [4.69, 9.17) is 9.47 Å². The number of carbonyl (C=O) groups excluding carboxylic acids is 2. The molecule has 1 atom stereocenters. The van der Waals surface area contributed by atoms with E-state index in [9.17, 15) is 9.59 Å². The lowest BCUT2D eigenvalue weighted by Crippen LogP contribution is -2.49. The van der Waals surface area contributed by atoms with Crippen LogP contribution in [0.5, 0.6) is 0 Å². The SMILES string of the molecule is C=C(C)CC(C(=O)OCc1ccccc1)C1(C(=O)OCC)CCC1. The molecule has 0 aliphatic heterocycles. The first-order valence-electron chi connectivity index (χ1n) is 8.52. The van der Waals surface area contributed by atoms with E-state index in [0.717, 1.165) is 17.6 Å². The van der Waals surface area contributed by atoms with E-state index in [1.807, 2.05) is 37.3 Å². The number of carbonyl (C=O) groups is 2. The summed E-state index contributed by atoms with van der Waals surface area (Å²) >= 11 is 0. The minimum atomic E-state index is -0.747. The maximum Gasteiger partial charge on any atom is 0.312 e. The molecule has 0 amide bonds. The molecule has 1 aliphatic carbocycles. The first kappa shape index (κ1) is 18.2. The second-order valence-electron chi connectivity index (χ2n) is 6.54. The highest BCUT2D eigenvalue weighted by Gasteiger charge is 2.54. The van der Waals surface area contributed by atoms with Gasteiger partial charge >= 0.3 is 11.9 Å². The predicted molar refractivity (Wildman–Crippen MR) is 92.1 cm³/mol. The second kappa shape index (κ2) is 8.13. The van der Waals surface area contributed by atoms with Crippen LogP contribution in [-0.2, 0) is 25.7 Å². The molecule has 24 heavy (non-hydrogen) atoms. The third kappa shape index (κ3) is 4.05. The number of rotatable bonds is 8. The third-order valence-electron chi connectivity index (χ3n) is 4.66. The van der Waals surface area contributed by atoms with Gasteiger partial charge in [-0.15, -0.1) is 6.58 Å². The van der Waals surface area contributed by atoms with Gasteiger partial charge in [-0.3, -0.25) is 9.59 Å². The van der Waals surface area contributed by atoms with Crippen LogP contribution in [0.1, 0.15) is 45.1 Å². The van der Waals surface area contributed by atoms with Gasteiger partial charge in [0.25, 0.3) is 0 Å². The lowest BCUT2D eigenvalue weighted by molar-refractivity contribution is -0.177. The summed E-state index contributed by atoms with van der Waals surface area (Å²) in [5.41, 5.74) is 1.05. The zero-order valence-electron chi connectivity index (χ0n) is 14.5. The minimum Gasteiger partial charge on any atom is -0.466 e. The van der Waals surface area contributed by atoms with Crippen LogP contribution >= 0.6 is 0 Å². The highest BCUT2D eigenvalue weighted by atomic mass is 16.5. The highest BCUT2D eigenvalue weighted by Crippen LogP contribution is 2.50. The third-order valence-corrected chi connectivity index (χ3v) is 4.66. The van der Waals surface area contributed by atoms with Crippen LogP contribution in [0.4, 0.5) is 0 Å². The molecule has 2 rings (SSSR count). The van der Waals surface area contributed by atoms with E-state index < -0.39 is 11.3 Å². The Hall–Kier alpha value is -2.10. The van der Waals surface area contributed by atoms with E-state index in [0.29, 0.717) is 25.9 Å². The number of hydrogen-bond acceptors (Lipinski definition) is 4. The summed E-state index contributed by atoms with van der Waals surface area (Å²) in [6.45, 7) is 8.10. The molecule has 4 heteroatoms. The average molecular weight is 330 g/mol. The minimum absolute atomic E-state index is 0.214. The van der Waals surface area contributed by atoms with E-state index in [-0.39, 0.29) is 18.5 Å². The maximum atomic E-state index is 12.7. The van der Waals surface area contributed by atoms with Gasteiger partial charge in [-0.25, -0.2) is 0 Å².